The Bertz CT molecular complexity index is 963. The summed E-state index contributed by atoms with van der Waals surface area (Å²) in [6, 6.07) is 12.5. The minimum Gasteiger partial charge on any atom is -0.478 e. The summed E-state index contributed by atoms with van der Waals surface area (Å²) in [5, 5.41) is 19.9. The van der Waals surface area contributed by atoms with Crippen LogP contribution in [0.3, 0.4) is 0 Å². The molecule has 0 saturated carbocycles. The highest BCUT2D eigenvalue weighted by Gasteiger charge is 2.37. The fourth-order valence-electron chi connectivity index (χ4n) is 3.24. The summed E-state index contributed by atoms with van der Waals surface area (Å²) in [5.41, 5.74) is 1.47. The Labute approximate surface area is 164 Å². The molecule has 3 rings (SSSR count). The van der Waals surface area contributed by atoms with Crippen LogP contribution < -0.4 is 4.90 Å². The molecule has 2 N–H and O–H groups in total. The number of sulfonamides is 1. The van der Waals surface area contributed by atoms with Gasteiger partial charge in [0.25, 0.3) is 0 Å². The lowest BCUT2D eigenvalue weighted by atomic mass is 10.1. The molecule has 1 fully saturated rings. The molecule has 28 heavy (non-hydrogen) atoms. The zero-order valence-corrected chi connectivity index (χ0v) is 16.5. The highest BCUT2D eigenvalue weighted by molar-refractivity contribution is 7.89. The van der Waals surface area contributed by atoms with Gasteiger partial charge in [0.05, 0.1) is 17.6 Å². The van der Waals surface area contributed by atoms with Gasteiger partial charge in [-0.2, -0.15) is 0 Å². The summed E-state index contributed by atoms with van der Waals surface area (Å²) < 4.78 is 25.5. The van der Waals surface area contributed by atoms with E-state index in [0.29, 0.717) is 5.69 Å². The maximum Gasteiger partial charge on any atom is 0.339 e. The lowest BCUT2D eigenvalue weighted by Crippen LogP contribution is -2.33. The Morgan fingerprint density at radius 2 is 1.86 bits per heavy atom. The normalized spacial score (nSPS) is 19.9. The smallest absolute Gasteiger partial charge is 0.339 e. The number of rotatable bonds is 6. The number of anilines is 1. The van der Waals surface area contributed by atoms with E-state index >= 15 is 0 Å². The number of aliphatic hydroxyl groups excluding tert-OH is 1. The molecular weight excluding hydrogens is 382 g/mol. The van der Waals surface area contributed by atoms with Crippen LogP contribution in [0.25, 0.3) is 11.3 Å². The van der Waals surface area contributed by atoms with Gasteiger partial charge in [0.1, 0.15) is 11.4 Å². The van der Waals surface area contributed by atoms with Gasteiger partial charge in [0.2, 0.25) is 10.0 Å². The Hall–Kier alpha value is -2.49. The molecule has 0 unspecified atom stereocenters. The van der Waals surface area contributed by atoms with Crippen LogP contribution in [0, 0.1) is 5.92 Å². The molecule has 1 saturated heterocycles. The van der Waals surface area contributed by atoms with Crippen LogP contribution in [0.15, 0.2) is 42.5 Å². The lowest BCUT2D eigenvalue weighted by molar-refractivity contribution is 0.0697. The summed E-state index contributed by atoms with van der Waals surface area (Å²) in [7, 11) is -0.595. The van der Waals surface area contributed by atoms with Crippen molar-refractivity contribution in [3.8, 4) is 11.3 Å². The van der Waals surface area contributed by atoms with Gasteiger partial charge in [-0.1, -0.05) is 30.3 Å². The van der Waals surface area contributed by atoms with E-state index in [1.807, 2.05) is 30.3 Å². The summed E-state index contributed by atoms with van der Waals surface area (Å²) in [6.07, 6.45) is -0.890. The number of hydrogen-bond acceptors (Lipinski definition) is 6. The van der Waals surface area contributed by atoms with Crippen LogP contribution in [0.5, 0.6) is 0 Å². The third-order valence-electron chi connectivity index (χ3n) is 4.86. The maximum atomic E-state index is 12.2. The van der Waals surface area contributed by atoms with Gasteiger partial charge in [-0.25, -0.2) is 22.5 Å². The van der Waals surface area contributed by atoms with Crippen LogP contribution in [0.2, 0.25) is 0 Å². The molecule has 0 amide bonds. The third kappa shape index (κ3) is 4.16. The molecule has 0 spiro atoms. The number of hydrogen-bond donors (Lipinski definition) is 2. The minimum absolute atomic E-state index is 0.0167. The van der Waals surface area contributed by atoms with E-state index in [4.69, 9.17) is 0 Å². The van der Waals surface area contributed by atoms with E-state index in [2.05, 4.69) is 4.98 Å². The second kappa shape index (κ2) is 7.86. The van der Waals surface area contributed by atoms with E-state index in [1.165, 1.54) is 20.2 Å². The number of aromatic carboxylic acids is 1. The topological polar surface area (TPSA) is 111 Å². The predicted molar refractivity (Wildman–Crippen MR) is 106 cm³/mol. The highest BCUT2D eigenvalue weighted by Crippen LogP contribution is 2.29. The van der Waals surface area contributed by atoms with Crippen molar-refractivity contribution in [3.63, 3.8) is 0 Å². The molecule has 8 nitrogen and oxygen atoms in total. The molecule has 0 aliphatic carbocycles. The van der Waals surface area contributed by atoms with Gasteiger partial charge in [-0.15, -0.1) is 0 Å². The van der Waals surface area contributed by atoms with Crippen molar-refractivity contribution in [3.05, 3.63) is 48.0 Å². The van der Waals surface area contributed by atoms with E-state index in [0.717, 1.165) is 9.87 Å². The van der Waals surface area contributed by atoms with E-state index in [9.17, 15) is 23.4 Å². The number of pyridine rings is 1. The van der Waals surface area contributed by atoms with Crippen molar-refractivity contribution < 1.29 is 23.4 Å². The second-order valence-corrected chi connectivity index (χ2v) is 9.26. The highest BCUT2D eigenvalue weighted by atomic mass is 32.2. The summed E-state index contributed by atoms with van der Waals surface area (Å²) in [6.45, 7) is 0.332. The largest absolute Gasteiger partial charge is 0.478 e. The second-order valence-electron chi connectivity index (χ2n) is 7.03. The van der Waals surface area contributed by atoms with Gasteiger partial charge >= 0.3 is 5.97 Å². The number of nitrogens with zero attached hydrogens (tertiary/aromatic N) is 3. The Morgan fingerprint density at radius 1 is 1.18 bits per heavy atom. The Morgan fingerprint density at radius 3 is 2.46 bits per heavy atom. The standard InChI is InChI=1S/C19H23N3O5S/c1-21(2)28(26,27)12-14-10-22(11-17(14)23)18-15(19(24)25)8-9-16(20-18)13-6-4-3-5-7-13/h3-9,14,17,23H,10-12H2,1-2H3,(H,24,25)/t14-,17+/m0/s1. The number of carboxylic acids is 1. The number of aromatic nitrogens is 1. The Balaban J connectivity index is 1.93. The maximum absolute atomic E-state index is 12.2. The summed E-state index contributed by atoms with van der Waals surface area (Å²) in [4.78, 5) is 17.8. The first-order valence-electron chi connectivity index (χ1n) is 8.82. The Kier molecular flexibility index (Phi) is 5.69. The monoisotopic (exact) mass is 405 g/mol. The first-order valence-corrected chi connectivity index (χ1v) is 10.4. The van der Waals surface area contributed by atoms with Crippen molar-refractivity contribution in [2.45, 2.75) is 6.10 Å². The van der Waals surface area contributed by atoms with Gasteiger partial charge in [0, 0.05) is 38.7 Å². The van der Waals surface area contributed by atoms with Gasteiger partial charge in [-0.05, 0) is 12.1 Å². The molecule has 1 aliphatic heterocycles. The molecule has 150 valence electrons. The molecule has 2 aromatic rings. The van der Waals surface area contributed by atoms with Crippen molar-refractivity contribution in [1.82, 2.24) is 9.29 Å². The molecule has 2 heterocycles. The van der Waals surface area contributed by atoms with Crippen molar-refractivity contribution >= 4 is 21.8 Å². The molecule has 2 atom stereocenters. The van der Waals surface area contributed by atoms with Crippen LogP contribution in [0.4, 0.5) is 5.82 Å². The van der Waals surface area contributed by atoms with Crippen LogP contribution in [-0.4, -0.2) is 72.9 Å². The van der Waals surface area contributed by atoms with Gasteiger partial charge < -0.3 is 15.1 Å². The molecule has 9 heteroatoms. The minimum atomic E-state index is -3.49. The number of carbonyl (C=O) groups is 1. The molecular formula is C19H23N3O5S. The number of aliphatic hydroxyl groups is 1. The molecule has 1 aliphatic rings. The average Bonchev–Trinajstić information content (AvgIpc) is 3.01. The third-order valence-corrected chi connectivity index (χ3v) is 6.82. The van der Waals surface area contributed by atoms with Crippen molar-refractivity contribution in [2.75, 3.05) is 37.8 Å². The zero-order chi connectivity index (χ0) is 20.5. The molecule has 1 aromatic carbocycles. The number of carboxylic acid groups (broad SMARTS) is 1. The number of β-amino-alcohol motifs (C(OH)–C–C–N with tert-alkyl or cyclic N) is 1. The van der Waals surface area contributed by atoms with Crippen LogP contribution in [-0.2, 0) is 10.0 Å². The summed E-state index contributed by atoms with van der Waals surface area (Å²) >= 11 is 0. The molecule has 0 radical (unpaired) electrons. The van der Waals surface area contributed by atoms with Gasteiger partial charge in [-0.3, -0.25) is 0 Å². The zero-order valence-electron chi connectivity index (χ0n) is 15.7. The first-order chi connectivity index (χ1) is 13.2. The van der Waals surface area contributed by atoms with Crippen LogP contribution >= 0.6 is 0 Å². The van der Waals surface area contributed by atoms with Crippen molar-refractivity contribution in [1.29, 1.82) is 0 Å². The number of benzene rings is 1. The fraction of sp³-hybridized carbons (Fsp3) is 0.368. The fourth-order valence-corrected chi connectivity index (χ4v) is 4.40. The SMILES string of the molecule is CN(C)S(=O)(=O)C[C@@H]1CN(c2nc(-c3ccccc3)ccc2C(=O)O)C[C@H]1O. The molecule has 1 aromatic heterocycles. The van der Waals surface area contributed by atoms with E-state index in [1.54, 1.807) is 11.0 Å². The quantitative estimate of drug-likeness (QED) is 0.741. The lowest BCUT2D eigenvalue weighted by Gasteiger charge is -2.20. The van der Waals surface area contributed by atoms with Crippen molar-refractivity contribution in [2.24, 2.45) is 5.92 Å². The van der Waals surface area contributed by atoms with Gasteiger partial charge in [0.15, 0.2) is 0 Å². The van der Waals surface area contributed by atoms with E-state index in [-0.39, 0.29) is 30.2 Å². The molecule has 0 bridgehead atoms. The van der Waals surface area contributed by atoms with Crippen LogP contribution in [0.1, 0.15) is 10.4 Å². The predicted octanol–water partition coefficient (Wildman–Crippen LogP) is 1.14. The first kappa shape index (κ1) is 20.2. The van der Waals surface area contributed by atoms with E-state index < -0.39 is 28.0 Å². The summed E-state index contributed by atoms with van der Waals surface area (Å²) in [5.74, 6) is -1.63. The average molecular weight is 405 g/mol.